The van der Waals surface area contributed by atoms with Gasteiger partial charge in [0.1, 0.15) is 6.04 Å². The van der Waals surface area contributed by atoms with Crippen LogP contribution in [0.15, 0.2) is 54.6 Å². The summed E-state index contributed by atoms with van der Waals surface area (Å²) >= 11 is 0. The second-order valence-corrected chi connectivity index (χ2v) is 6.86. The van der Waals surface area contributed by atoms with Crippen molar-refractivity contribution in [2.45, 2.75) is 33.2 Å². The third-order valence-electron chi connectivity index (χ3n) is 4.08. The Hall–Kier alpha value is -3.06. The lowest BCUT2D eigenvalue weighted by Crippen LogP contribution is -2.47. The first-order valence-corrected chi connectivity index (χ1v) is 9.15. The molecule has 2 aromatic rings. The summed E-state index contributed by atoms with van der Waals surface area (Å²) in [6.45, 7) is 6.17. The van der Waals surface area contributed by atoms with Crippen molar-refractivity contribution in [3.05, 3.63) is 71.3 Å². The lowest BCUT2D eigenvalue weighted by Gasteiger charge is -2.20. The van der Waals surface area contributed by atoms with Crippen molar-refractivity contribution in [1.29, 1.82) is 0 Å². The molecule has 1 unspecified atom stereocenters. The van der Waals surface area contributed by atoms with Gasteiger partial charge in [0.2, 0.25) is 5.91 Å². The quantitative estimate of drug-likeness (QED) is 0.775. The highest BCUT2D eigenvalue weighted by Crippen LogP contribution is 2.10. The minimum atomic E-state index is -0.587. The van der Waals surface area contributed by atoms with E-state index in [9.17, 15) is 9.59 Å². The summed E-state index contributed by atoms with van der Waals surface area (Å²) in [4.78, 5) is 25.1. The number of benzene rings is 2. The van der Waals surface area contributed by atoms with Crippen molar-refractivity contribution in [1.82, 2.24) is 10.6 Å². The maximum absolute atomic E-state index is 12.6. The molecule has 0 bridgehead atoms. The number of carbonyl (C=O) groups excluding carboxylic acids is 2. The van der Waals surface area contributed by atoms with Gasteiger partial charge < -0.3 is 10.6 Å². The molecule has 0 saturated carbocycles. The number of rotatable bonds is 6. The SMILES string of the molecule is Cc1ccccc1C(=O)NC(CC(C)C)C(=O)NCC#Cc1ccccc1. The van der Waals surface area contributed by atoms with Gasteiger partial charge in [-0.15, -0.1) is 0 Å². The van der Waals surface area contributed by atoms with Gasteiger partial charge in [-0.3, -0.25) is 9.59 Å². The summed E-state index contributed by atoms with van der Waals surface area (Å²) in [5, 5.41) is 5.67. The van der Waals surface area contributed by atoms with Gasteiger partial charge in [-0.1, -0.05) is 62.1 Å². The molecule has 4 heteroatoms. The molecule has 2 rings (SSSR count). The summed E-state index contributed by atoms with van der Waals surface area (Å²) < 4.78 is 0. The van der Waals surface area contributed by atoms with Gasteiger partial charge in [-0.05, 0) is 43.0 Å². The van der Waals surface area contributed by atoms with E-state index < -0.39 is 6.04 Å². The van der Waals surface area contributed by atoms with Crippen molar-refractivity contribution < 1.29 is 9.59 Å². The van der Waals surface area contributed by atoms with Crippen molar-refractivity contribution in [3.63, 3.8) is 0 Å². The molecule has 1 atom stereocenters. The molecule has 2 aromatic carbocycles. The van der Waals surface area contributed by atoms with E-state index in [1.807, 2.05) is 69.3 Å². The highest BCUT2D eigenvalue weighted by molar-refractivity contribution is 5.98. The molecule has 0 aliphatic heterocycles. The van der Waals surface area contributed by atoms with E-state index in [4.69, 9.17) is 0 Å². The molecule has 0 aromatic heterocycles. The van der Waals surface area contributed by atoms with Crippen molar-refractivity contribution >= 4 is 11.8 Å². The molecule has 0 aliphatic rings. The van der Waals surface area contributed by atoms with Crippen LogP contribution in [0.4, 0.5) is 0 Å². The molecule has 0 heterocycles. The topological polar surface area (TPSA) is 58.2 Å². The fourth-order valence-corrected chi connectivity index (χ4v) is 2.69. The van der Waals surface area contributed by atoms with E-state index in [1.165, 1.54) is 0 Å². The number of aryl methyl sites for hydroxylation is 1. The minimum absolute atomic E-state index is 0.215. The number of carbonyl (C=O) groups is 2. The molecule has 4 nitrogen and oxygen atoms in total. The van der Waals surface area contributed by atoms with E-state index in [1.54, 1.807) is 6.07 Å². The molecule has 2 amide bonds. The van der Waals surface area contributed by atoms with Crippen LogP contribution >= 0.6 is 0 Å². The average Bonchev–Trinajstić information content (AvgIpc) is 2.65. The Balaban J connectivity index is 1.98. The molecule has 140 valence electrons. The average molecular weight is 362 g/mol. The van der Waals surface area contributed by atoms with Crippen LogP contribution in [0, 0.1) is 24.7 Å². The molecule has 0 fully saturated rings. The van der Waals surface area contributed by atoms with Gasteiger partial charge in [-0.25, -0.2) is 0 Å². The summed E-state index contributed by atoms with van der Waals surface area (Å²) in [7, 11) is 0. The van der Waals surface area contributed by atoms with Crippen LogP contribution in [0.3, 0.4) is 0 Å². The van der Waals surface area contributed by atoms with Gasteiger partial charge in [0.05, 0.1) is 6.54 Å². The Morgan fingerprint density at radius 1 is 1.00 bits per heavy atom. The third-order valence-corrected chi connectivity index (χ3v) is 4.08. The summed E-state index contributed by atoms with van der Waals surface area (Å²) in [6.07, 6.45) is 0.565. The molecule has 0 saturated heterocycles. The van der Waals surface area contributed by atoms with Crippen molar-refractivity contribution in [2.75, 3.05) is 6.54 Å². The van der Waals surface area contributed by atoms with Crippen LogP contribution in [0.2, 0.25) is 0 Å². The Morgan fingerprint density at radius 3 is 2.33 bits per heavy atom. The van der Waals surface area contributed by atoms with E-state index >= 15 is 0 Å². The Labute approximate surface area is 161 Å². The third kappa shape index (κ3) is 6.63. The van der Waals surface area contributed by atoms with Crippen molar-refractivity contribution in [3.8, 4) is 11.8 Å². The zero-order chi connectivity index (χ0) is 19.6. The van der Waals surface area contributed by atoms with E-state index in [2.05, 4.69) is 22.5 Å². The fraction of sp³-hybridized carbons (Fsp3) is 0.304. The van der Waals surface area contributed by atoms with Crippen LogP contribution in [0.5, 0.6) is 0 Å². The first-order valence-electron chi connectivity index (χ1n) is 9.15. The molecule has 27 heavy (non-hydrogen) atoms. The fourth-order valence-electron chi connectivity index (χ4n) is 2.69. The minimum Gasteiger partial charge on any atom is -0.343 e. The van der Waals surface area contributed by atoms with Gasteiger partial charge in [0.25, 0.3) is 5.91 Å². The Kier molecular flexibility index (Phi) is 7.63. The Morgan fingerprint density at radius 2 is 1.67 bits per heavy atom. The first kappa shape index (κ1) is 20.3. The van der Waals surface area contributed by atoms with Crippen LogP contribution < -0.4 is 10.6 Å². The predicted molar refractivity (Wildman–Crippen MR) is 108 cm³/mol. The molecule has 0 radical (unpaired) electrons. The summed E-state index contributed by atoms with van der Waals surface area (Å²) in [5.41, 5.74) is 2.37. The lowest BCUT2D eigenvalue weighted by atomic mass is 10.0. The Bertz CT molecular complexity index is 832. The van der Waals surface area contributed by atoms with Gasteiger partial charge in [-0.2, -0.15) is 0 Å². The molecule has 0 spiro atoms. The van der Waals surface area contributed by atoms with Gasteiger partial charge in [0, 0.05) is 11.1 Å². The monoisotopic (exact) mass is 362 g/mol. The predicted octanol–water partition coefficient (Wildman–Crippen LogP) is 3.31. The van der Waals surface area contributed by atoms with E-state index in [0.717, 1.165) is 11.1 Å². The summed E-state index contributed by atoms with van der Waals surface area (Å²) in [6, 6.07) is 16.4. The highest BCUT2D eigenvalue weighted by atomic mass is 16.2. The largest absolute Gasteiger partial charge is 0.343 e. The normalized spacial score (nSPS) is 11.3. The van der Waals surface area contributed by atoms with Gasteiger partial charge in [0.15, 0.2) is 0 Å². The standard InChI is InChI=1S/C23H26N2O2/c1-17(2)16-21(25-22(26)20-14-8-7-10-18(20)3)23(27)24-15-9-13-19-11-5-4-6-12-19/h4-8,10-12,14,17,21H,15-16H2,1-3H3,(H,24,27)(H,25,26). The number of amides is 2. The zero-order valence-corrected chi connectivity index (χ0v) is 16.1. The zero-order valence-electron chi connectivity index (χ0n) is 16.1. The van der Waals surface area contributed by atoms with E-state index in [0.29, 0.717) is 12.0 Å². The van der Waals surface area contributed by atoms with Crippen LogP contribution in [0.1, 0.15) is 41.8 Å². The maximum Gasteiger partial charge on any atom is 0.252 e. The van der Waals surface area contributed by atoms with Crippen molar-refractivity contribution in [2.24, 2.45) is 5.92 Å². The van der Waals surface area contributed by atoms with Crippen LogP contribution in [-0.2, 0) is 4.79 Å². The molecular formula is C23H26N2O2. The number of nitrogens with one attached hydrogen (secondary N) is 2. The van der Waals surface area contributed by atoms with E-state index in [-0.39, 0.29) is 24.3 Å². The van der Waals surface area contributed by atoms with Crippen LogP contribution in [-0.4, -0.2) is 24.4 Å². The highest BCUT2D eigenvalue weighted by Gasteiger charge is 2.22. The van der Waals surface area contributed by atoms with Gasteiger partial charge >= 0.3 is 0 Å². The molecule has 0 aliphatic carbocycles. The second-order valence-electron chi connectivity index (χ2n) is 6.86. The lowest BCUT2D eigenvalue weighted by molar-refractivity contribution is -0.123. The summed E-state index contributed by atoms with van der Waals surface area (Å²) in [5.74, 6) is 5.77. The smallest absolute Gasteiger partial charge is 0.252 e. The first-order chi connectivity index (χ1) is 13.0. The number of hydrogen-bond acceptors (Lipinski definition) is 2. The van der Waals surface area contributed by atoms with Crippen LogP contribution in [0.25, 0.3) is 0 Å². The maximum atomic E-state index is 12.6. The molecular weight excluding hydrogens is 336 g/mol. The number of hydrogen-bond donors (Lipinski definition) is 2. The molecule has 2 N–H and O–H groups in total. The second kappa shape index (κ2) is 10.2.